The first-order chi connectivity index (χ1) is 3.89. The molecule has 0 spiro atoms. The van der Waals surface area contributed by atoms with Gasteiger partial charge in [0.15, 0.2) is 6.73 Å². The van der Waals surface area contributed by atoms with Gasteiger partial charge in [0.05, 0.1) is 0 Å². The molecule has 0 fully saturated rings. The fraction of sp³-hybridized carbons (Fsp3) is 0.200. The first-order valence-corrected chi connectivity index (χ1v) is 2.23. The number of allylic oxidation sites excluding steroid dienone is 1. The molecule has 0 radical (unpaired) electrons. The molecule has 0 amide bonds. The van der Waals surface area contributed by atoms with Crippen LogP contribution in [0.1, 0.15) is 0 Å². The van der Waals surface area contributed by atoms with E-state index in [0.29, 0.717) is 0 Å². The van der Waals surface area contributed by atoms with Gasteiger partial charge in [0, 0.05) is 12.3 Å². The number of nitrogens with zero attached hydrogens (tertiary/aromatic N) is 1. The maximum absolute atomic E-state index is 10.3. The van der Waals surface area contributed by atoms with E-state index < -0.39 is 0 Å². The lowest BCUT2D eigenvalue weighted by Crippen LogP contribution is -1.97. The largest absolute Gasteiger partial charge is 0.439 e. The van der Waals surface area contributed by atoms with E-state index in [2.05, 4.69) is 9.73 Å². The van der Waals surface area contributed by atoms with E-state index in [-0.39, 0.29) is 12.7 Å². The third-order valence-electron chi connectivity index (χ3n) is 0.705. The number of cyclic esters (lactones) is 1. The Balaban J connectivity index is 2.58. The van der Waals surface area contributed by atoms with Crippen LogP contribution in [0.4, 0.5) is 0 Å². The zero-order chi connectivity index (χ0) is 5.82. The number of esters is 1. The zero-order valence-electron chi connectivity index (χ0n) is 4.20. The van der Waals surface area contributed by atoms with Crippen molar-refractivity contribution in [2.24, 2.45) is 4.99 Å². The van der Waals surface area contributed by atoms with Crippen molar-refractivity contribution in [1.82, 2.24) is 0 Å². The molecule has 8 heavy (non-hydrogen) atoms. The SMILES string of the molecule is O=C1C=CC=NCO1. The van der Waals surface area contributed by atoms with Gasteiger partial charge in [-0.3, -0.25) is 4.99 Å². The molecule has 42 valence electrons. The molecule has 3 heteroatoms. The summed E-state index contributed by atoms with van der Waals surface area (Å²) in [5.41, 5.74) is 0. The molecule has 0 atom stereocenters. The Labute approximate surface area is 46.7 Å². The minimum absolute atomic E-state index is 0.145. The summed E-state index contributed by atoms with van der Waals surface area (Å²) in [6.45, 7) is 0.145. The average molecular weight is 111 g/mol. The van der Waals surface area contributed by atoms with Crippen LogP contribution in [0, 0.1) is 0 Å². The Morgan fingerprint density at radius 2 is 2.62 bits per heavy atom. The third kappa shape index (κ3) is 1.18. The molecule has 0 aromatic rings. The van der Waals surface area contributed by atoms with Crippen LogP contribution in [0.15, 0.2) is 17.1 Å². The molecule has 1 rings (SSSR count). The second-order valence-electron chi connectivity index (χ2n) is 1.28. The van der Waals surface area contributed by atoms with Gasteiger partial charge < -0.3 is 4.74 Å². The van der Waals surface area contributed by atoms with E-state index in [1.807, 2.05) is 0 Å². The Morgan fingerprint density at radius 3 is 3.50 bits per heavy atom. The van der Waals surface area contributed by atoms with Gasteiger partial charge in [0.1, 0.15) is 0 Å². The molecule has 0 unspecified atom stereocenters. The van der Waals surface area contributed by atoms with Crippen molar-refractivity contribution < 1.29 is 9.53 Å². The smallest absolute Gasteiger partial charge is 0.332 e. The lowest BCUT2D eigenvalue weighted by Gasteiger charge is -1.89. The van der Waals surface area contributed by atoms with Gasteiger partial charge in [-0.25, -0.2) is 4.79 Å². The van der Waals surface area contributed by atoms with Crippen LogP contribution in [0.3, 0.4) is 0 Å². The monoisotopic (exact) mass is 111 g/mol. The Hall–Kier alpha value is -1.12. The predicted octanol–water partition coefficient (Wildman–Crippen LogP) is 0.128. The molecular weight excluding hydrogens is 106 g/mol. The van der Waals surface area contributed by atoms with Gasteiger partial charge >= 0.3 is 5.97 Å². The second-order valence-corrected chi connectivity index (χ2v) is 1.28. The van der Waals surface area contributed by atoms with Crippen LogP contribution < -0.4 is 0 Å². The average Bonchev–Trinajstić information content (AvgIpc) is 1.94. The highest BCUT2D eigenvalue weighted by atomic mass is 16.5. The minimum Gasteiger partial charge on any atom is -0.439 e. The summed E-state index contributed by atoms with van der Waals surface area (Å²) in [6.07, 6.45) is 4.41. The Bertz CT molecular complexity index is 149. The summed E-state index contributed by atoms with van der Waals surface area (Å²) < 4.78 is 4.48. The van der Waals surface area contributed by atoms with Crippen molar-refractivity contribution in [2.45, 2.75) is 0 Å². The van der Waals surface area contributed by atoms with E-state index in [9.17, 15) is 4.79 Å². The maximum Gasteiger partial charge on any atom is 0.332 e. The predicted molar refractivity (Wildman–Crippen MR) is 28.6 cm³/mol. The van der Waals surface area contributed by atoms with E-state index in [4.69, 9.17) is 0 Å². The number of carbonyl (C=O) groups is 1. The van der Waals surface area contributed by atoms with Crippen molar-refractivity contribution in [3.05, 3.63) is 12.2 Å². The van der Waals surface area contributed by atoms with Crippen molar-refractivity contribution in [1.29, 1.82) is 0 Å². The van der Waals surface area contributed by atoms with Crippen molar-refractivity contribution in [3.8, 4) is 0 Å². The minimum atomic E-state index is -0.331. The lowest BCUT2D eigenvalue weighted by molar-refractivity contribution is -0.137. The quantitative estimate of drug-likeness (QED) is 0.417. The number of aliphatic imine (C=N–C) groups is 1. The van der Waals surface area contributed by atoms with E-state index in [1.54, 1.807) is 6.08 Å². The van der Waals surface area contributed by atoms with Gasteiger partial charge in [-0.1, -0.05) is 0 Å². The second kappa shape index (κ2) is 2.26. The fourth-order valence-electron chi connectivity index (χ4n) is 0.374. The molecule has 0 aromatic heterocycles. The van der Waals surface area contributed by atoms with E-state index in [0.717, 1.165) is 0 Å². The van der Waals surface area contributed by atoms with Gasteiger partial charge in [0.25, 0.3) is 0 Å². The van der Waals surface area contributed by atoms with Crippen LogP contribution in [0.2, 0.25) is 0 Å². The van der Waals surface area contributed by atoms with Crippen LogP contribution >= 0.6 is 0 Å². The van der Waals surface area contributed by atoms with Crippen LogP contribution in [0.25, 0.3) is 0 Å². The normalized spacial score (nSPS) is 17.8. The summed E-state index contributed by atoms with van der Waals surface area (Å²) in [5, 5.41) is 0. The first-order valence-electron chi connectivity index (χ1n) is 2.23. The number of hydrogen-bond donors (Lipinski definition) is 0. The summed E-state index contributed by atoms with van der Waals surface area (Å²) in [6, 6.07) is 0. The van der Waals surface area contributed by atoms with Crippen molar-refractivity contribution in [3.63, 3.8) is 0 Å². The number of rotatable bonds is 0. The molecule has 1 aliphatic rings. The van der Waals surface area contributed by atoms with Gasteiger partial charge in [-0.15, -0.1) is 0 Å². The number of ether oxygens (including phenoxy) is 1. The highest BCUT2D eigenvalue weighted by Gasteiger charge is 1.94. The van der Waals surface area contributed by atoms with Crippen LogP contribution in [0.5, 0.6) is 0 Å². The molecule has 0 bridgehead atoms. The number of hydrogen-bond acceptors (Lipinski definition) is 3. The van der Waals surface area contributed by atoms with Crippen LogP contribution in [-0.4, -0.2) is 18.9 Å². The van der Waals surface area contributed by atoms with Crippen LogP contribution in [-0.2, 0) is 9.53 Å². The first kappa shape index (κ1) is 5.03. The molecule has 1 heterocycles. The standard InChI is InChI=1S/C5H5NO2/c7-5-2-1-3-6-4-8-5/h1-3H,4H2. The Kier molecular flexibility index (Phi) is 1.42. The molecule has 0 N–H and O–H groups in total. The molecule has 0 aliphatic carbocycles. The zero-order valence-corrected chi connectivity index (χ0v) is 4.20. The van der Waals surface area contributed by atoms with E-state index >= 15 is 0 Å². The van der Waals surface area contributed by atoms with Crippen molar-refractivity contribution in [2.75, 3.05) is 6.73 Å². The van der Waals surface area contributed by atoms with Gasteiger partial charge in [-0.05, 0) is 6.08 Å². The van der Waals surface area contributed by atoms with E-state index in [1.165, 1.54) is 12.3 Å². The molecular formula is C5H5NO2. The third-order valence-corrected chi connectivity index (χ3v) is 0.705. The van der Waals surface area contributed by atoms with Gasteiger partial charge in [-0.2, -0.15) is 0 Å². The molecule has 0 saturated carbocycles. The Morgan fingerprint density at radius 1 is 1.75 bits per heavy atom. The molecule has 1 aliphatic heterocycles. The summed E-state index contributed by atoms with van der Waals surface area (Å²) in [7, 11) is 0. The van der Waals surface area contributed by atoms with Crippen molar-refractivity contribution >= 4 is 12.2 Å². The van der Waals surface area contributed by atoms with Gasteiger partial charge in [0.2, 0.25) is 0 Å². The summed E-state index contributed by atoms with van der Waals surface area (Å²) in [4.78, 5) is 14.0. The summed E-state index contributed by atoms with van der Waals surface area (Å²) in [5.74, 6) is -0.331. The fourth-order valence-corrected chi connectivity index (χ4v) is 0.374. The molecule has 0 aromatic carbocycles. The number of carbonyl (C=O) groups excluding carboxylic acids is 1. The maximum atomic E-state index is 10.3. The molecule has 0 saturated heterocycles. The highest BCUT2D eigenvalue weighted by molar-refractivity contribution is 5.88. The topological polar surface area (TPSA) is 38.7 Å². The highest BCUT2D eigenvalue weighted by Crippen LogP contribution is 1.85. The molecule has 3 nitrogen and oxygen atoms in total. The lowest BCUT2D eigenvalue weighted by atomic mass is 10.5. The summed E-state index contributed by atoms with van der Waals surface area (Å²) >= 11 is 0.